The summed E-state index contributed by atoms with van der Waals surface area (Å²) in [5, 5.41) is 0. The molecular formula is C4H6Sn. The van der Waals surface area contributed by atoms with Gasteiger partial charge in [0, 0.05) is 0 Å². The summed E-state index contributed by atoms with van der Waals surface area (Å²) in [5.41, 5.74) is 0. The van der Waals surface area contributed by atoms with Crippen molar-refractivity contribution in [1.82, 2.24) is 0 Å². The molecule has 0 aliphatic carbocycles. The van der Waals surface area contributed by atoms with Crippen molar-refractivity contribution < 1.29 is 0 Å². The summed E-state index contributed by atoms with van der Waals surface area (Å²) in [6.07, 6.45) is 4.95. The Morgan fingerprint density at radius 3 is 2.20 bits per heavy atom. The number of terminal acetylenes is 1. The standard InChI is InChI=1S/C4H5.Sn.H/c1-3-4-2;;/h1,4H,2H3;;. The van der Waals surface area contributed by atoms with Gasteiger partial charge in [0.2, 0.25) is 0 Å². The van der Waals surface area contributed by atoms with Gasteiger partial charge in [-0.3, -0.25) is 0 Å². The molecule has 0 N–H and O–H groups in total. The van der Waals surface area contributed by atoms with Crippen LogP contribution in [0, 0.1) is 12.3 Å². The van der Waals surface area contributed by atoms with Crippen LogP contribution in [0.15, 0.2) is 0 Å². The first-order valence-electron chi connectivity index (χ1n) is 1.49. The van der Waals surface area contributed by atoms with Gasteiger partial charge in [-0.25, -0.2) is 0 Å². The second-order valence-electron chi connectivity index (χ2n) is 0.955. The molecule has 0 aromatic rings. The molecule has 1 unspecified atom stereocenters. The minimum atomic E-state index is 0.542. The van der Waals surface area contributed by atoms with Gasteiger partial charge in [-0.15, -0.1) is 0 Å². The number of rotatable bonds is 0. The van der Waals surface area contributed by atoms with Crippen molar-refractivity contribution in [2.45, 2.75) is 10.9 Å². The van der Waals surface area contributed by atoms with Gasteiger partial charge in [-0.05, 0) is 0 Å². The summed E-state index contributed by atoms with van der Waals surface area (Å²) < 4.78 is 0.542. The third-order valence-electron chi connectivity index (χ3n) is 0.263. The van der Waals surface area contributed by atoms with Crippen molar-refractivity contribution in [1.29, 1.82) is 0 Å². The van der Waals surface area contributed by atoms with Gasteiger partial charge in [0.15, 0.2) is 0 Å². The minimum absolute atomic E-state index is 0.542. The van der Waals surface area contributed by atoms with Crippen LogP contribution in [0.2, 0.25) is 3.93 Å². The first-order valence-corrected chi connectivity index (χ1v) is 3.39. The van der Waals surface area contributed by atoms with E-state index in [9.17, 15) is 0 Å². The predicted molar refractivity (Wildman–Crippen MR) is 25.4 cm³/mol. The zero-order chi connectivity index (χ0) is 4.28. The van der Waals surface area contributed by atoms with Crippen LogP contribution in [0.4, 0.5) is 0 Å². The molecule has 0 aromatic heterocycles. The second-order valence-corrected chi connectivity index (χ2v) is 3.81. The molecule has 0 amide bonds. The van der Waals surface area contributed by atoms with Crippen molar-refractivity contribution in [3.05, 3.63) is 0 Å². The SMILES string of the molecule is C#C[CH](C)[SnH]. The normalized spacial score (nSPS) is 13.0. The quantitative estimate of drug-likeness (QED) is 0.365. The molecule has 5 heavy (non-hydrogen) atoms. The Morgan fingerprint density at radius 2 is 2.20 bits per heavy atom. The van der Waals surface area contributed by atoms with Crippen LogP contribution in [-0.4, -0.2) is 22.5 Å². The van der Waals surface area contributed by atoms with E-state index in [1.807, 2.05) is 6.92 Å². The van der Waals surface area contributed by atoms with Gasteiger partial charge in [-0.1, -0.05) is 0 Å². The summed E-state index contributed by atoms with van der Waals surface area (Å²) >= 11 is 1.19. The third-order valence-corrected chi connectivity index (χ3v) is 0.812. The molecule has 1 heteroatoms. The van der Waals surface area contributed by atoms with Crippen LogP contribution in [0.5, 0.6) is 0 Å². The molecule has 0 rings (SSSR count). The average Bonchev–Trinajstić information content (AvgIpc) is 1.38. The van der Waals surface area contributed by atoms with E-state index < -0.39 is 0 Å². The fourth-order valence-corrected chi connectivity index (χ4v) is 0. The van der Waals surface area contributed by atoms with Crippen LogP contribution in [0.3, 0.4) is 0 Å². The maximum absolute atomic E-state index is 4.95. The Morgan fingerprint density at radius 1 is 2.00 bits per heavy atom. The Hall–Kier alpha value is 0.359. The molecule has 0 saturated heterocycles. The van der Waals surface area contributed by atoms with Crippen LogP contribution in [-0.2, 0) is 0 Å². The van der Waals surface area contributed by atoms with Crippen molar-refractivity contribution in [2.24, 2.45) is 0 Å². The van der Waals surface area contributed by atoms with E-state index in [1.165, 1.54) is 22.5 Å². The van der Waals surface area contributed by atoms with E-state index in [0.717, 1.165) is 0 Å². The zero-order valence-electron chi connectivity index (χ0n) is 3.23. The zero-order valence-corrected chi connectivity index (χ0v) is 6.53. The van der Waals surface area contributed by atoms with E-state index in [4.69, 9.17) is 6.42 Å². The molecule has 0 aliphatic heterocycles. The molecule has 0 fully saturated rings. The Kier molecular flexibility index (Phi) is 2.77. The van der Waals surface area contributed by atoms with E-state index in [0.29, 0.717) is 3.93 Å². The Bertz CT molecular complexity index is 49.2. The summed E-state index contributed by atoms with van der Waals surface area (Å²) in [7, 11) is 0. The van der Waals surface area contributed by atoms with Gasteiger partial charge < -0.3 is 0 Å². The molecule has 1 atom stereocenters. The topological polar surface area (TPSA) is 0 Å². The molecule has 0 spiro atoms. The van der Waals surface area contributed by atoms with Gasteiger partial charge in [0.25, 0.3) is 0 Å². The van der Waals surface area contributed by atoms with Gasteiger partial charge >= 0.3 is 45.7 Å². The monoisotopic (exact) mass is 174 g/mol. The van der Waals surface area contributed by atoms with Crippen molar-refractivity contribution in [2.75, 3.05) is 0 Å². The van der Waals surface area contributed by atoms with E-state index in [1.54, 1.807) is 0 Å². The van der Waals surface area contributed by atoms with Crippen LogP contribution < -0.4 is 0 Å². The molecule has 0 bridgehead atoms. The fraction of sp³-hybridized carbons (Fsp3) is 0.500. The third kappa shape index (κ3) is 4.36. The molecule has 0 heterocycles. The Labute approximate surface area is 46.0 Å². The fourth-order valence-electron chi connectivity index (χ4n) is 0. The van der Waals surface area contributed by atoms with Gasteiger partial charge in [0.05, 0.1) is 0 Å². The van der Waals surface area contributed by atoms with Crippen LogP contribution in [0.25, 0.3) is 0 Å². The number of hydrogen-bond donors (Lipinski definition) is 0. The van der Waals surface area contributed by atoms with Crippen LogP contribution in [0.1, 0.15) is 6.92 Å². The van der Waals surface area contributed by atoms with E-state index in [2.05, 4.69) is 5.92 Å². The Balaban J connectivity index is 2.94. The molecule has 0 aromatic carbocycles. The molecule has 26 valence electrons. The first-order chi connectivity index (χ1) is 2.27. The van der Waals surface area contributed by atoms with Gasteiger partial charge in [0.1, 0.15) is 0 Å². The number of hydrogen-bond acceptors (Lipinski definition) is 0. The van der Waals surface area contributed by atoms with E-state index >= 15 is 0 Å². The summed E-state index contributed by atoms with van der Waals surface area (Å²) in [6.45, 7) is 2.04. The summed E-state index contributed by atoms with van der Waals surface area (Å²) in [6, 6.07) is 0. The first kappa shape index (κ1) is 5.36. The average molecular weight is 173 g/mol. The van der Waals surface area contributed by atoms with E-state index in [-0.39, 0.29) is 0 Å². The van der Waals surface area contributed by atoms with Crippen molar-refractivity contribution >= 4 is 22.5 Å². The summed E-state index contributed by atoms with van der Waals surface area (Å²) in [5.74, 6) is 2.59. The summed E-state index contributed by atoms with van der Waals surface area (Å²) in [4.78, 5) is 0. The molecule has 0 aliphatic rings. The molecule has 2 radical (unpaired) electrons. The molecule has 0 saturated carbocycles. The molecule has 0 nitrogen and oxygen atoms in total. The van der Waals surface area contributed by atoms with Crippen molar-refractivity contribution in [3.63, 3.8) is 0 Å². The van der Waals surface area contributed by atoms with Crippen LogP contribution >= 0.6 is 0 Å². The maximum atomic E-state index is 4.95. The second kappa shape index (κ2) is 2.59. The predicted octanol–water partition coefficient (Wildman–Crippen LogP) is 0.329. The molecular weight excluding hydrogens is 167 g/mol. The van der Waals surface area contributed by atoms with Gasteiger partial charge in [-0.2, -0.15) is 0 Å². The van der Waals surface area contributed by atoms with Crippen molar-refractivity contribution in [3.8, 4) is 12.3 Å².